The van der Waals surface area contributed by atoms with Crippen molar-refractivity contribution in [3.05, 3.63) is 43.5 Å². The highest BCUT2D eigenvalue weighted by atomic mass is 32.1. The SMILES string of the molecule is COc1cc(COC(=O)CCOCC(CO[N+](=O)[O-])O[N+](=O)[O-])c(C(=O)O[C@@H](CNC(C)(C)C)COc2nsnc2N2CCOCC2)c(OC)c1. The molecule has 51 heavy (non-hydrogen) atoms. The lowest BCUT2D eigenvalue weighted by atomic mass is 10.1. The monoisotopic (exact) mass is 746 g/mol. The third kappa shape index (κ3) is 14.2. The van der Waals surface area contributed by atoms with Crippen molar-refractivity contribution < 1.29 is 62.6 Å². The van der Waals surface area contributed by atoms with Crippen molar-refractivity contribution in [2.24, 2.45) is 0 Å². The molecule has 2 aromatic rings. The minimum atomic E-state index is -1.41. The van der Waals surface area contributed by atoms with Gasteiger partial charge in [0.1, 0.15) is 43.0 Å². The van der Waals surface area contributed by atoms with E-state index in [2.05, 4.69) is 23.7 Å². The number of esters is 2. The van der Waals surface area contributed by atoms with Gasteiger partial charge in [-0.1, -0.05) is 0 Å². The van der Waals surface area contributed by atoms with Crippen LogP contribution in [0, 0.1) is 20.2 Å². The molecule has 0 spiro atoms. The summed E-state index contributed by atoms with van der Waals surface area (Å²) in [4.78, 5) is 57.7. The van der Waals surface area contributed by atoms with E-state index in [0.717, 1.165) is 11.7 Å². The number of hydrogen-bond acceptors (Lipinski definition) is 20. The summed E-state index contributed by atoms with van der Waals surface area (Å²) < 4.78 is 47.4. The average Bonchev–Trinajstić information content (AvgIpc) is 3.57. The highest BCUT2D eigenvalue weighted by molar-refractivity contribution is 6.99. The second-order valence-corrected chi connectivity index (χ2v) is 12.3. The molecular weight excluding hydrogens is 704 g/mol. The third-order valence-electron chi connectivity index (χ3n) is 6.85. The first kappa shape index (κ1) is 40.6. The van der Waals surface area contributed by atoms with Gasteiger partial charge < -0.3 is 53.0 Å². The van der Waals surface area contributed by atoms with Crippen molar-refractivity contribution in [2.75, 3.05) is 78.4 Å². The lowest BCUT2D eigenvalue weighted by Crippen LogP contribution is -2.44. The van der Waals surface area contributed by atoms with Gasteiger partial charge in [0.25, 0.3) is 16.1 Å². The fourth-order valence-electron chi connectivity index (χ4n) is 4.42. The number of ether oxygens (including phenoxy) is 7. The van der Waals surface area contributed by atoms with Crippen LogP contribution in [0.4, 0.5) is 5.82 Å². The highest BCUT2D eigenvalue weighted by Gasteiger charge is 2.28. The summed E-state index contributed by atoms with van der Waals surface area (Å²) in [6.45, 7) is 6.49. The van der Waals surface area contributed by atoms with Gasteiger partial charge in [0.05, 0.1) is 58.8 Å². The summed E-state index contributed by atoms with van der Waals surface area (Å²) in [5.74, 6) is -0.235. The summed E-state index contributed by atoms with van der Waals surface area (Å²) in [6, 6.07) is 2.97. The van der Waals surface area contributed by atoms with Crippen LogP contribution in [0.2, 0.25) is 0 Å². The van der Waals surface area contributed by atoms with E-state index in [-0.39, 0.29) is 48.6 Å². The minimum absolute atomic E-state index is 0.0157. The van der Waals surface area contributed by atoms with Gasteiger partial charge >= 0.3 is 11.9 Å². The average molecular weight is 747 g/mol. The van der Waals surface area contributed by atoms with Crippen molar-refractivity contribution in [3.8, 4) is 17.4 Å². The number of carbonyl (C=O) groups excluding carboxylic acids is 2. The van der Waals surface area contributed by atoms with Gasteiger partial charge in [-0.3, -0.25) is 4.79 Å². The molecule has 0 saturated carbocycles. The lowest BCUT2D eigenvalue weighted by Gasteiger charge is -2.28. The Morgan fingerprint density at radius 1 is 1.04 bits per heavy atom. The van der Waals surface area contributed by atoms with E-state index in [1.165, 1.54) is 26.4 Å². The number of methoxy groups -OCH3 is 2. The van der Waals surface area contributed by atoms with E-state index in [1.54, 1.807) is 0 Å². The number of nitrogens with zero attached hydrogens (tertiary/aromatic N) is 5. The number of morpholine rings is 1. The van der Waals surface area contributed by atoms with Crippen molar-refractivity contribution >= 4 is 29.5 Å². The molecule has 0 amide bonds. The van der Waals surface area contributed by atoms with E-state index in [9.17, 15) is 29.8 Å². The first-order chi connectivity index (χ1) is 24.3. The predicted octanol–water partition coefficient (Wildman–Crippen LogP) is 1.62. The Balaban J connectivity index is 1.69. The number of aromatic nitrogens is 2. The molecule has 3 rings (SSSR count). The van der Waals surface area contributed by atoms with Crippen molar-refractivity contribution in [1.82, 2.24) is 14.1 Å². The van der Waals surface area contributed by atoms with Gasteiger partial charge in [-0.25, -0.2) is 4.79 Å². The van der Waals surface area contributed by atoms with Crippen LogP contribution in [-0.4, -0.2) is 122 Å². The third-order valence-corrected chi connectivity index (χ3v) is 7.36. The molecule has 1 saturated heterocycles. The van der Waals surface area contributed by atoms with Crippen LogP contribution in [0.1, 0.15) is 43.1 Å². The maximum Gasteiger partial charge on any atom is 0.342 e. The molecule has 1 aliphatic heterocycles. The quantitative estimate of drug-likeness (QED) is 0.0778. The summed E-state index contributed by atoms with van der Waals surface area (Å²) in [7, 11) is 2.77. The van der Waals surface area contributed by atoms with Crippen LogP contribution in [-0.2, 0) is 40.0 Å². The van der Waals surface area contributed by atoms with Crippen LogP contribution in [0.5, 0.6) is 17.4 Å². The lowest BCUT2D eigenvalue weighted by molar-refractivity contribution is -0.790. The van der Waals surface area contributed by atoms with Gasteiger partial charge in [0.2, 0.25) is 5.82 Å². The zero-order valence-corrected chi connectivity index (χ0v) is 29.7. The zero-order valence-electron chi connectivity index (χ0n) is 28.9. The van der Waals surface area contributed by atoms with Crippen molar-refractivity contribution in [1.29, 1.82) is 0 Å². The zero-order chi connectivity index (χ0) is 37.4. The summed E-state index contributed by atoms with van der Waals surface area (Å²) in [6.07, 6.45) is -2.52. The molecule has 284 valence electrons. The van der Waals surface area contributed by atoms with E-state index >= 15 is 0 Å². The minimum Gasteiger partial charge on any atom is -0.497 e. The van der Waals surface area contributed by atoms with Gasteiger partial charge in [0, 0.05) is 36.8 Å². The Hall–Kier alpha value is -4.80. The Kier molecular flexibility index (Phi) is 16.1. The molecule has 2 heterocycles. The molecule has 0 bridgehead atoms. The summed E-state index contributed by atoms with van der Waals surface area (Å²) in [5.41, 5.74) is -0.128. The largest absolute Gasteiger partial charge is 0.497 e. The van der Waals surface area contributed by atoms with E-state index in [4.69, 9.17) is 33.2 Å². The molecule has 2 atom stereocenters. The van der Waals surface area contributed by atoms with Crippen LogP contribution in [0.3, 0.4) is 0 Å². The summed E-state index contributed by atoms with van der Waals surface area (Å²) in [5, 5.41) is 22.0. The van der Waals surface area contributed by atoms with Gasteiger partial charge in [-0.2, -0.15) is 4.37 Å². The smallest absolute Gasteiger partial charge is 0.342 e. The second-order valence-electron chi connectivity index (χ2n) is 11.8. The molecule has 0 radical (unpaired) electrons. The molecule has 1 aromatic carbocycles. The number of benzene rings is 1. The number of hydrogen-bond donors (Lipinski definition) is 1. The first-order valence-corrected chi connectivity index (χ1v) is 16.3. The molecule has 21 nitrogen and oxygen atoms in total. The summed E-state index contributed by atoms with van der Waals surface area (Å²) >= 11 is 1.00. The number of rotatable bonds is 22. The fraction of sp³-hybridized carbons (Fsp3) is 0.655. The maximum absolute atomic E-state index is 13.8. The topological polar surface area (TPSA) is 245 Å². The Labute approximate surface area is 296 Å². The molecular formula is C29H42N6O15S. The van der Waals surface area contributed by atoms with Crippen LogP contribution < -0.4 is 24.4 Å². The number of nitrogens with one attached hydrogen (secondary N) is 1. The van der Waals surface area contributed by atoms with Crippen LogP contribution in [0.15, 0.2) is 12.1 Å². The van der Waals surface area contributed by atoms with Crippen LogP contribution in [0.25, 0.3) is 0 Å². The van der Waals surface area contributed by atoms with E-state index in [1.807, 2.05) is 25.7 Å². The predicted molar refractivity (Wildman–Crippen MR) is 175 cm³/mol. The van der Waals surface area contributed by atoms with Crippen LogP contribution >= 0.6 is 11.7 Å². The molecule has 1 aromatic heterocycles. The maximum atomic E-state index is 13.8. The Morgan fingerprint density at radius 2 is 1.78 bits per heavy atom. The molecule has 0 aliphatic carbocycles. The molecule has 1 unspecified atom stereocenters. The van der Waals surface area contributed by atoms with Gasteiger partial charge in [-0.05, 0) is 26.8 Å². The highest BCUT2D eigenvalue weighted by Crippen LogP contribution is 2.31. The molecule has 1 N–H and O–H groups in total. The van der Waals surface area contributed by atoms with Gasteiger partial charge in [0.15, 0.2) is 6.10 Å². The normalized spacial score (nSPS) is 14.2. The van der Waals surface area contributed by atoms with E-state index < -0.39 is 54.1 Å². The number of carbonyl (C=O) groups is 2. The molecule has 1 aliphatic rings. The van der Waals surface area contributed by atoms with E-state index in [0.29, 0.717) is 43.8 Å². The fourth-order valence-corrected chi connectivity index (χ4v) is 4.94. The Bertz CT molecular complexity index is 1450. The van der Waals surface area contributed by atoms with Crippen molar-refractivity contribution in [3.63, 3.8) is 0 Å². The first-order valence-electron chi connectivity index (χ1n) is 15.6. The molecule has 1 fully saturated rings. The van der Waals surface area contributed by atoms with Gasteiger partial charge in [-0.15, -0.1) is 24.6 Å². The van der Waals surface area contributed by atoms with Crippen molar-refractivity contribution in [2.45, 2.75) is 51.5 Å². The number of anilines is 1. The molecule has 22 heteroatoms. The Morgan fingerprint density at radius 3 is 2.43 bits per heavy atom. The second kappa shape index (κ2) is 20.1. The standard InChI is InChI=1S/C29H42N6O15S/c1-29(2,3)30-14-21(17-47-27-26(31-51-32-27)33-7-10-44-11-8-33)49-28(37)25-19(12-20(42-4)13-23(25)43-5)15-46-24(36)6-9-45-16-22(50-35(40)41)18-48-34(38)39/h12-13,21-22,30H,6-11,14-18H2,1-5H3/t21-,22?/m0/s1.